The molecule has 26 heavy (non-hydrogen) atoms. The van der Waals surface area contributed by atoms with Crippen molar-refractivity contribution < 1.29 is 9.53 Å². The van der Waals surface area contributed by atoms with Gasteiger partial charge in [0.2, 0.25) is 0 Å². The number of carbonyl (C=O) groups excluding carboxylic acids is 1. The summed E-state index contributed by atoms with van der Waals surface area (Å²) in [6.45, 7) is 3.67. The summed E-state index contributed by atoms with van der Waals surface area (Å²) in [6, 6.07) is 8.01. The number of nitrogens with zero attached hydrogens (tertiary/aromatic N) is 3. The molecule has 1 unspecified atom stereocenters. The molecule has 4 rings (SSSR count). The lowest BCUT2D eigenvalue weighted by atomic mass is 9.96. The summed E-state index contributed by atoms with van der Waals surface area (Å²) in [5.74, 6) is 1.92. The van der Waals surface area contributed by atoms with Crippen LogP contribution in [-0.4, -0.2) is 39.6 Å². The Kier molecular flexibility index (Phi) is 4.96. The van der Waals surface area contributed by atoms with E-state index in [0.717, 1.165) is 56.8 Å². The van der Waals surface area contributed by atoms with E-state index in [4.69, 9.17) is 4.74 Å². The first-order valence-corrected chi connectivity index (χ1v) is 9.83. The molecule has 0 bridgehead atoms. The zero-order valence-electron chi connectivity index (χ0n) is 15.4. The van der Waals surface area contributed by atoms with E-state index in [1.807, 2.05) is 41.6 Å². The Bertz CT molecular complexity index is 766. The van der Waals surface area contributed by atoms with Crippen LogP contribution in [-0.2, 0) is 6.42 Å². The van der Waals surface area contributed by atoms with Gasteiger partial charge in [0.05, 0.1) is 17.7 Å². The van der Waals surface area contributed by atoms with Crippen molar-refractivity contribution in [2.24, 2.45) is 0 Å². The molecule has 2 fully saturated rings. The highest BCUT2D eigenvalue weighted by Crippen LogP contribution is 2.30. The third-order valence-electron chi connectivity index (χ3n) is 5.61. The number of aromatic nitrogens is 2. The summed E-state index contributed by atoms with van der Waals surface area (Å²) in [6.07, 6.45) is 10.6. The van der Waals surface area contributed by atoms with Crippen LogP contribution in [0.4, 0.5) is 0 Å². The van der Waals surface area contributed by atoms with E-state index in [-0.39, 0.29) is 12.0 Å². The normalized spacial score (nSPS) is 20.7. The van der Waals surface area contributed by atoms with Gasteiger partial charge in [0.25, 0.3) is 5.91 Å². The minimum absolute atomic E-state index is 0.0859. The standard InChI is InChI=1S/C21H27N3O2/c1-2-20-22-12-14-24(20)16-7-6-13-23(15-16)21(25)18-10-3-4-11-19(18)26-17-8-5-9-17/h3-4,10-12,14,16-17H,2,5-9,13,15H2,1H3. The molecule has 1 saturated carbocycles. The van der Waals surface area contributed by atoms with Crippen LogP contribution in [0.15, 0.2) is 36.7 Å². The molecule has 1 amide bonds. The monoisotopic (exact) mass is 353 g/mol. The lowest BCUT2D eigenvalue weighted by molar-refractivity contribution is 0.0662. The van der Waals surface area contributed by atoms with Crippen LogP contribution in [0.2, 0.25) is 0 Å². The third kappa shape index (κ3) is 3.35. The third-order valence-corrected chi connectivity index (χ3v) is 5.61. The number of benzene rings is 1. The highest BCUT2D eigenvalue weighted by Gasteiger charge is 2.29. The lowest BCUT2D eigenvalue weighted by Crippen LogP contribution is -2.41. The molecule has 5 nitrogen and oxygen atoms in total. The van der Waals surface area contributed by atoms with Crippen molar-refractivity contribution in [2.75, 3.05) is 13.1 Å². The quantitative estimate of drug-likeness (QED) is 0.820. The van der Waals surface area contributed by atoms with Crippen LogP contribution >= 0.6 is 0 Å². The highest BCUT2D eigenvalue weighted by molar-refractivity contribution is 5.97. The van der Waals surface area contributed by atoms with Gasteiger partial charge in [-0.15, -0.1) is 0 Å². The number of hydrogen-bond acceptors (Lipinski definition) is 3. The summed E-state index contributed by atoms with van der Waals surface area (Å²) in [4.78, 5) is 19.6. The van der Waals surface area contributed by atoms with E-state index in [1.54, 1.807) is 0 Å². The minimum Gasteiger partial charge on any atom is -0.490 e. The molecule has 1 atom stereocenters. The summed E-state index contributed by atoms with van der Waals surface area (Å²) in [5, 5.41) is 0. The fourth-order valence-electron chi connectivity index (χ4n) is 3.90. The SMILES string of the molecule is CCc1nccn1C1CCCN(C(=O)c2ccccc2OC2CCC2)C1. The molecule has 1 saturated heterocycles. The summed E-state index contributed by atoms with van der Waals surface area (Å²) < 4.78 is 8.31. The van der Waals surface area contributed by atoms with Gasteiger partial charge >= 0.3 is 0 Å². The number of rotatable bonds is 5. The predicted octanol–water partition coefficient (Wildman–Crippen LogP) is 3.85. The number of para-hydroxylation sites is 1. The fraction of sp³-hybridized carbons (Fsp3) is 0.524. The number of hydrogen-bond donors (Lipinski definition) is 0. The molecule has 2 heterocycles. The summed E-state index contributed by atoms with van der Waals surface area (Å²) in [7, 11) is 0. The number of imidazole rings is 1. The molecule has 5 heteroatoms. The van der Waals surface area contributed by atoms with E-state index >= 15 is 0 Å². The Hall–Kier alpha value is -2.30. The number of amides is 1. The first kappa shape index (κ1) is 17.1. The van der Waals surface area contributed by atoms with Crippen LogP contribution in [0.3, 0.4) is 0 Å². The van der Waals surface area contributed by atoms with Gasteiger partial charge in [-0.2, -0.15) is 0 Å². The first-order valence-electron chi connectivity index (χ1n) is 9.83. The van der Waals surface area contributed by atoms with Crippen molar-refractivity contribution in [3.63, 3.8) is 0 Å². The number of aryl methyl sites for hydroxylation is 1. The highest BCUT2D eigenvalue weighted by atomic mass is 16.5. The number of piperidine rings is 1. The Labute approximate surface area is 155 Å². The lowest BCUT2D eigenvalue weighted by Gasteiger charge is -2.35. The van der Waals surface area contributed by atoms with Crippen LogP contribution in [0, 0.1) is 0 Å². The van der Waals surface area contributed by atoms with Crippen molar-refractivity contribution in [3.05, 3.63) is 48.0 Å². The van der Waals surface area contributed by atoms with E-state index in [2.05, 4.69) is 16.5 Å². The van der Waals surface area contributed by atoms with Crippen LogP contribution in [0.5, 0.6) is 5.75 Å². The van der Waals surface area contributed by atoms with E-state index < -0.39 is 0 Å². The van der Waals surface area contributed by atoms with Crippen molar-refractivity contribution in [3.8, 4) is 5.75 Å². The molecule has 0 N–H and O–H groups in total. The Morgan fingerprint density at radius 3 is 2.85 bits per heavy atom. The van der Waals surface area contributed by atoms with E-state index in [0.29, 0.717) is 11.6 Å². The molecule has 2 aliphatic rings. The molecule has 1 aliphatic heterocycles. The average molecular weight is 353 g/mol. The number of ether oxygens (including phenoxy) is 1. The fourth-order valence-corrected chi connectivity index (χ4v) is 3.90. The Morgan fingerprint density at radius 2 is 2.08 bits per heavy atom. The van der Waals surface area contributed by atoms with E-state index in [9.17, 15) is 4.79 Å². The van der Waals surface area contributed by atoms with Gasteiger partial charge in [0.1, 0.15) is 11.6 Å². The largest absolute Gasteiger partial charge is 0.490 e. The summed E-state index contributed by atoms with van der Waals surface area (Å²) in [5.41, 5.74) is 0.696. The molecule has 138 valence electrons. The average Bonchev–Trinajstić information content (AvgIpc) is 3.13. The minimum atomic E-state index is 0.0859. The van der Waals surface area contributed by atoms with Crippen molar-refractivity contribution in [2.45, 2.75) is 57.6 Å². The molecular formula is C21H27N3O2. The van der Waals surface area contributed by atoms with Gasteiger partial charge in [0.15, 0.2) is 0 Å². The Balaban J connectivity index is 1.51. The maximum atomic E-state index is 13.2. The molecule has 0 radical (unpaired) electrons. The van der Waals surface area contributed by atoms with Gasteiger partial charge in [0, 0.05) is 31.9 Å². The zero-order valence-corrected chi connectivity index (χ0v) is 15.4. The van der Waals surface area contributed by atoms with Gasteiger partial charge < -0.3 is 14.2 Å². The molecular weight excluding hydrogens is 326 g/mol. The van der Waals surface area contributed by atoms with E-state index in [1.165, 1.54) is 6.42 Å². The van der Waals surface area contributed by atoms with Crippen LogP contribution in [0.1, 0.15) is 61.3 Å². The topological polar surface area (TPSA) is 47.4 Å². The van der Waals surface area contributed by atoms with Crippen molar-refractivity contribution in [1.82, 2.24) is 14.5 Å². The van der Waals surface area contributed by atoms with Gasteiger partial charge in [-0.25, -0.2) is 4.98 Å². The Morgan fingerprint density at radius 1 is 1.23 bits per heavy atom. The second-order valence-corrected chi connectivity index (χ2v) is 7.32. The number of carbonyl (C=O) groups is 1. The maximum Gasteiger partial charge on any atom is 0.257 e. The summed E-state index contributed by atoms with van der Waals surface area (Å²) >= 11 is 0. The van der Waals surface area contributed by atoms with Crippen molar-refractivity contribution in [1.29, 1.82) is 0 Å². The molecule has 1 aliphatic carbocycles. The van der Waals surface area contributed by atoms with Gasteiger partial charge in [-0.1, -0.05) is 19.1 Å². The molecule has 2 aromatic rings. The van der Waals surface area contributed by atoms with Crippen LogP contribution in [0.25, 0.3) is 0 Å². The zero-order chi connectivity index (χ0) is 17.9. The second kappa shape index (κ2) is 7.52. The smallest absolute Gasteiger partial charge is 0.257 e. The molecule has 1 aromatic heterocycles. The number of likely N-dealkylation sites (tertiary alicyclic amines) is 1. The maximum absolute atomic E-state index is 13.2. The molecule has 0 spiro atoms. The second-order valence-electron chi connectivity index (χ2n) is 7.32. The first-order chi connectivity index (χ1) is 12.8. The predicted molar refractivity (Wildman–Crippen MR) is 100 cm³/mol. The van der Waals surface area contributed by atoms with Gasteiger partial charge in [-0.3, -0.25) is 4.79 Å². The van der Waals surface area contributed by atoms with Crippen LogP contribution < -0.4 is 4.74 Å². The van der Waals surface area contributed by atoms with Gasteiger partial charge in [-0.05, 0) is 44.2 Å². The molecule has 1 aromatic carbocycles. The van der Waals surface area contributed by atoms with Crippen molar-refractivity contribution >= 4 is 5.91 Å².